The van der Waals surface area contributed by atoms with Crippen LogP contribution in [0.4, 0.5) is 11.4 Å². The van der Waals surface area contributed by atoms with Gasteiger partial charge in [-0.3, -0.25) is 14.5 Å². The van der Waals surface area contributed by atoms with Gasteiger partial charge in [0, 0.05) is 24.7 Å². The number of hydrogen-bond acceptors (Lipinski definition) is 4. The first kappa shape index (κ1) is 22.0. The highest BCUT2D eigenvalue weighted by atomic mass is 35.5. The van der Waals surface area contributed by atoms with Gasteiger partial charge in [0.25, 0.3) is 0 Å². The van der Waals surface area contributed by atoms with Crippen molar-refractivity contribution in [3.63, 3.8) is 0 Å². The molecule has 0 saturated heterocycles. The fourth-order valence-corrected chi connectivity index (χ4v) is 3.02. The summed E-state index contributed by atoms with van der Waals surface area (Å²) in [5, 5.41) is 6.31. The number of methoxy groups -OCH3 is 1. The fourth-order valence-electron chi connectivity index (χ4n) is 2.53. The summed E-state index contributed by atoms with van der Waals surface area (Å²) in [7, 11) is 1.57. The number of para-hydroxylation sites is 1. The van der Waals surface area contributed by atoms with Crippen molar-refractivity contribution in [1.82, 2.24) is 4.90 Å². The Morgan fingerprint density at radius 2 is 1.71 bits per heavy atom. The van der Waals surface area contributed by atoms with E-state index in [2.05, 4.69) is 10.6 Å². The SMILES string of the molecule is CCN(CCC(=O)Nc1c(Cl)cccc1Cl)CC(=O)Nc1cccc(OC)c1. The van der Waals surface area contributed by atoms with Gasteiger partial charge in [0.05, 0.1) is 29.4 Å². The second kappa shape index (κ2) is 10.9. The molecule has 0 spiro atoms. The Labute approximate surface area is 174 Å². The summed E-state index contributed by atoms with van der Waals surface area (Å²) in [4.78, 5) is 26.4. The average Bonchev–Trinajstić information content (AvgIpc) is 2.68. The van der Waals surface area contributed by atoms with Gasteiger partial charge in [0.1, 0.15) is 5.75 Å². The minimum Gasteiger partial charge on any atom is -0.497 e. The van der Waals surface area contributed by atoms with Crippen molar-refractivity contribution >= 4 is 46.4 Å². The van der Waals surface area contributed by atoms with Gasteiger partial charge >= 0.3 is 0 Å². The van der Waals surface area contributed by atoms with Gasteiger partial charge in [-0.1, -0.05) is 42.3 Å². The molecule has 150 valence electrons. The largest absolute Gasteiger partial charge is 0.497 e. The monoisotopic (exact) mass is 423 g/mol. The summed E-state index contributed by atoms with van der Waals surface area (Å²) in [5.74, 6) is 0.284. The van der Waals surface area contributed by atoms with Crippen molar-refractivity contribution in [2.24, 2.45) is 0 Å². The Hall–Kier alpha value is -2.28. The third-order valence-electron chi connectivity index (χ3n) is 4.05. The number of anilines is 2. The maximum absolute atomic E-state index is 12.3. The Kier molecular flexibility index (Phi) is 8.57. The number of carbonyl (C=O) groups excluding carboxylic acids is 2. The van der Waals surface area contributed by atoms with E-state index in [1.54, 1.807) is 49.6 Å². The smallest absolute Gasteiger partial charge is 0.238 e. The third-order valence-corrected chi connectivity index (χ3v) is 4.68. The third kappa shape index (κ3) is 6.71. The van der Waals surface area contributed by atoms with Crippen LogP contribution in [-0.4, -0.2) is 43.5 Å². The van der Waals surface area contributed by atoms with Crippen molar-refractivity contribution in [3.05, 3.63) is 52.5 Å². The molecular formula is C20H23Cl2N3O3. The van der Waals surface area contributed by atoms with E-state index < -0.39 is 0 Å². The van der Waals surface area contributed by atoms with Crippen LogP contribution in [0.5, 0.6) is 5.75 Å². The van der Waals surface area contributed by atoms with Gasteiger partial charge in [-0.25, -0.2) is 0 Å². The van der Waals surface area contributed by atoms with Gasteiger partial charge in [0.15, 0.2) is 0 Å². The van der Waals surface area contributed by atoms with Crippen LogP contribution >= 0.6 is 23.2 Å². The molecule has 6 nitrogen and oxygen atoms in total. The summed E-state index contributed by atoms with van der Waals surface area (Å²) in [5.41, 5.74) is 1.06. The minimum atomic E-state index is -0.221. The van der Waals surface area contributed by atoms with Gasteiger partial charge in [-0.15, -0.1) is 0 Å². The Morgan fingerprint density at radius 3 is 2.36 bits per heavy atom. The number of benzene rings is 2. The lowest BCUT2D eigenvalue weighted by Crippen LogP contribution is -2.35. The van der Waals surface area contributed by atoms with Gasteiger partial charge in [0.2, 0.25) is 11.8 Å². The molecule has 0 aliphatic carbocycles. The Bertz CT molecular complexity index is 810. The molecule has 0 bridgehead atoms. The number of rotatable bonds is 9. The molecule has 2 aromatic carbocycles. The van der Waals surface area contributed by atoms with E-state index in [0.29, 0.717) is 40.3 Å². The van der Waals surface area contributed by atoms with E-state index in [0.717, 1.165) is 0 Å². The Morgan fingerprint density at radius 1 is 1.04 bits per heavy atom. The zero-order chi connectivity index (χ0) is 20.5. The zero-order valence-electron chi connectivity index (χ0n) is 15.8. The van der Waals surface area contributed by atoms with E-state index in [1.165, 1.54) is 0 Å². The number of likely N-dealkylation sites (N-methyl/N-ethyl adjacent to an activating group) is 1. The molecule has 0 atom stereocenters. The van der Waals surface area contributed by atoms with Crippen molar-refractivity contribution in [2.75, 3.05) is 37.4 Å². The zero-order valence-corrected chi connectivity index (χ0v) is 17.3. The van der Waals surface area contributed by atoms with E-state index in [4.69, 9.17) is 27.9 Å². The molecule has 0 aromatic heterocycles. The number of carbonyl (C=O) groups is 2. The highest BCUT2D eigenvalue weighted by molar-refractivity contribution is 6.39. The fraction of sp³-hybridized carbons (Fsp3) is 0.300. The molecule has 8 heteroatoms. The van der Waals surface area contributed by atoms with Crippen LogP contribution in [0.15, 0.2) is 42.5 Å². The molecule has 0 aliphatic rings. The molecule has 28 heavy (non-hydrogen) atoms. The average molecular weight is 424 g/mol. The quantitative estimate of drug-likeness (QED) is 0.630. The standard InChI is InChI=1S/C20H23Cl2N3O3/c1-3-25(13-19(27)23-14-6-4-7-15(12-14)28-2)11-10-18(26)24-20-16(21)8-5-9-17(20)22/h4-9,12H,3,10-11,13H2,1-2H3,(H,23,27)(H,24,26). The van der Waals surface area contributed by atoms with E-state index >= 15 is 0 Å². The number of nitrogens with one attached hydrogen (secondary N) is 2. The first-order valence-corrected chi connectivity index (χ1v) is 9.58. The lowest BCUT2D eigenvalue weighted by molar-refractivity contribution is -0.119. The summed E-state index contributed by atoms with van der Waals surface area (Å²) in [6.07, 6.45) is 0.210. The maximum atomic E-state index is 12.3. The molecule has 2 aromatic rings. The van der Waals surface area contributed by atoms with E-state index in [-0.39, 0.29) is 24.8 Å². The number of ether oxygens (including phenoxy) is 1. The van der Waals surface area contributed by atoms with Crippen molar-refractivity contribution in [2.45, 2.75) is 13.3 Å². The lowest BCUT2D eigenvalue weighted by atomic mass is 10.3. The number of hydrogen-bond donors (Lipinski definition) is 2. The van der Waals surface area contributed by atoms with E-state index in [9.17, 15) is 9.59 Å². The van der Waals surface area contributed by atoms with Gasteiger partial charge in [-0.05, 0) is 30.8 Å². The minimum absolute atomic E-state index is 0.162. The van der Waals surface area contributed by atoms with E-state index in [1.807, 2.05) is 11.8 Å². The maximum Gasteiger partial charge on any atom is 0.238 e. The topological polar surface area (TPSA) is 70.7 Å². The lowest BCUT2D eigenvalue weighted by Gasteiger charge is -2.20. The molecule has 2 N–H and O–H groups in total. The van der Waals surface area contributed by atoms with Crippen LogP contribution in [0.2, 0.25) is 10.0 Å². The normalized spacial score (nSPS) is 10.6. The highest BCUT2D eigenvalue weighted by Crippen LogP contribution is 2.29. The molecule has 0 radical (unpaired) electrons. The predicted molar refractivity (Wildman–Crippen MR) is 113 cm³/mol. The van der Waals surface area contributed by atoms with Crippen molar-refractivity contribution in [1.29, 1.82) is 0 Å². The number of amides is 2. The first-order chi connectivity index (χ1) is 13.4. The van der Waals surface area contributed by atoms with Crippen LogP contribution in [0.1, 0.15) is 13.3 Å². The van der Waals surface area contributed by atoms with Crippen molar-refractivity contribution < 1.29 is 14.3 Å². The van der Waals surface area contributed by atoms with Crippen molar-refractivity contribution in [3.8, 4) is 5.75 Å². The highest BCUT2D eigenvalue weighted by Gasteiger charge is 2.14. The van der Waals surface area contributed by atoms with Crippen LogP contribution < -0.4 is 15.4 Å². The number of nitrogens with zero attached hydrogens (tertiary/aromatic N) is 1. The predicted octanol–water partition coefficient (Wildman–Crippen LogP) is 4.29. The molecule has 0 heterocycles. The molecule has 0 aliphatic heterocycles. The summed E-state index contributed by atoms with van der Waals surface area (Å²) in [6.45, 7) is 3.16. The first-order valence-electron chi connectivity index (χ1n) is 8.83. The van der Waals surface area contributed by atoms with Gasteiger partial charge in [-0.2, -0.15) is 0 Å². The molecule has 0 unspecified atom stereocenters. The van der Waals surface area contributed by atoms with Gasteiger partial charge < -0.3 is 15.4 Å². The van der Waals surface area contributed by atoms with Crippen LogP contribution in [0.3, 0.4) is 0 Å². The summed E-state index contributed by atoms with van der Waals surface area (Å²) >= 11 is 12.1. The second-order valence-corrected chi connectivity index (χ2v) is 6.86. The molecule has 2 rings (SSSR count). The van der Waals surface area contributed by atoms with Crippen LogP contribution in [-0.2, 0) is 9.59 Å². The summed E-state index contributed by atoms with van der Waals surface area (Å²) < 4.78 is 5.14. The Balaban J connectivity index is 1.84. The van der Waals surface area contributed by atoms with Crippen LogP contribution in [0, 0.1) is 0 Å². The molecular weight excluding hydrogens is 401 g/mol. The van der Waals surface area contributed by atoms with Crippen LogP contribution in [0.25, 0.3) is 0 Å². The second-order valence-electron chi connectivity index (χ2n) is 6.04. The molecule has 0 saturated carbocycles. The summed E-state index contributed by atoms with van der Waals surface area (Å²) in [6, 6.07) is 12.2. The number of halogens is 2. The molecule has 0 fully saturated rings. The molecule has 2 amide bonds.